The monoisotopic (exact) mass is 295 g/mol. The third-order valence-corrected chi connectivity index (χ3v) is 3.79. The molecule has 0 bridgehead atoms. The van der Waals surface area contributed by atoms with Crippen LogP contribution in [0.15, 0.2) is 29.2 Å². The van der Waals surface area contributed by atoms with Crippen molar-refractivity contribution < 1.29 is 14.7 Å². The number of carbonyl (C=O) groups excluding carboxylic acids is 1. The average molecular weight is 295 g/mol. The third-order valence-electron chi connectivity index (χ3n) is 2.78. The molecule has 1 rings (SSSR count). The molecule has 5 heteroatoms. The minimum atomic E-state index is -0.838. The van der Waals surface area contributed by atoms with E-state index in [9.17, 15) is 9.59 Å². The Labute approximate surface area is 124 Å². The highest BCUT2D eigenvalue weighted by atomic mass is 32.2. The van der Waals surface area contributed by atoms with E-state index < -0.39 is 5.97 Å². The van der Waals surface area contributed by atoms with E-state index in [0.29, 0.717) is 5.75 Å². The Morgan fingerprint density at radius 1 is 1.30 bits per heavy atom. The fourth-order valence-electron chi connectivity index (χ4n) is 1.85. The predicted octanol–water partition coefficient (Wildman–Crippen LogP) is 2.71. The summed E-state index contributed by atoms with van der Waals surface area (Å²) in [5, 5.41) is 11.6. The van der Waals surface area contributed by atoms with Gasteiger partial charge in [-0.05, 0) is 31.0 Å². The zero-order valence-corrected chi connectivity index (χ0v) is 12.7. The van der Waals surface area contributed by atoms with Crippen LogP contribution in [0.4, 0.5) is 0 Å². The molecule has 0 aromatic heterocycles. The fourth-order valence-corrected chi connectivity index (χ4v) is 2.56. The van der Waals surface area contributed by atoms with E-state index in [0.717, 1.165) is 23.3 Å². The van der Waals surface area contributed by atoms with E-state index in [1.165, 1.54) is 11.8 Å². The minimum absolute atomic E-state index is 0.0277. The molecule has 0 radical (unpaired) electrons. The Kier molecular flexibility index (Phi) is 7.15. The van der Waals surface area contributed by atoms with Crippen LogP contribution in [0.1, 0.15) is 32.3 Å². The number of carbonyl (C=O) groups is 2. The molecule has 4 nitrogen and oxygen atoms in total. The van der Waals surface area contributed by atoms with Crippen molar-refractivity contribution >= 4 is 23.6 Å². The summed E-state index contributed by atoms with van der Waals surface area (Å²) in [5.74, 6) is -0.424. The molecule has 1 aromatic carbocycles. The molecule has 0 heterocycles. The zero-order chi connectivity index (χ0) is 15.0. The van der Waals surface area contributed by atoms with Gasteiger partial charge in [-0.2, -0.15) is 0 Å². The molecule has 0 fully saturated rings. The maximum absolute atomic E-state index is 11.7. The number of aliphatic carboxylic acids is 1. The van der Waals surface area contributed by atoms with Gasteiger partial charge in [-0.1, -0.05) is 25.5 Å². The first-order chi connectivity index (χ1) is 9.51. The highest BCUT2D eigenvalue weighted by Crippen LogP contribution is 2.18. The molecule has 0 saturated carbocycles. The lowest BCUT2D eigenvalue weighted by Gasteiger charge is -2.12. The number of hydrogen-bond donors (Lipinski definition) is 2. The molecule has 0 aliphatic carbocycles. The van der Waals surface area contributed by atoms with Gasteiger partial charge in [0.15, 0.2) is 0 Å². The lowest BCUT2D eigenvalue weighted by Crippen LogP contribution is -2.33. The van der Waals surface area contributed by atoms with Gasteiger partial charge >= 0.3 is 5.97 Å². The van der Waals surface area contributed by atoms with Gasteiger partial charge < -0.3 is 10.4 Å². The molecule has 0 spiro atoms. The Morgan fingerprint density at radius 2 is 1.95 bits per heavy atom. The Bertz CT molecular complexity index is 445. The van der Waals surface area contributed by atoms with Crippen LogP contribution in [-0.4, -0.2) is 28.8 Å². The summed E-state index contributed by atoms with van der Waals surface area (Å²) >= 11 is 1.46. The largest absolute Gasteiger partial charge is 0.481 e. The Balaban J connectivity index is 2.38. The number of thioether (sulfide) groups is 1. The van der Waals surface area contributed by atoms with Gasteiger partial charge in [0.2, 0.25) is 5.91 Å². The molecule has 0 saturated heterocycles. The van der Waals surface area contributed by atoms with Crippen LogP contribution >= 0.6 is 11.8 Å². The molecule has 110 valence electrons. The molecule has 1 amide bonds. The van der Waals surface area contributed by atoms with Crippen molar-refractivity contribution in [3.63, 3.8) is 0 Å². The number of rotatable bonds is 8. The first kappa shape index (κ1) is 16.6. The SMILES string of the molecule is CCCC(C)NC(=O)CSc1ccc(CC(=O)O)cc1. The maximum atomic E-state index is 11.7. The van der Waals surface area contributed by atoms with Crippen molar-refractivity contribution in [3.8, 4) is 0 Å². The van der Waals surface area contributed by atoms with E-state index in [4.69, 9.17) is 5.11 Å². The van der Waals surface area contributed by atoms with Crippen LogP contribution < -0.4 is 5.32 Å². The van der Waals surface area contributed by atoms with Crippen LogP contribution in [0, 0.1) is 0 Å². The van der Waals surface area contributed by atoms with Crippen molar-refractivity contribution in [2.24, 2.45) is 0 Å². The maximum Gasteiger partial charge on any atom is 0.307 e. The van der Waals surface area contributed by atoms with Crippen molar-refractivity contribution in [2.75, 3.05) is 5.75 Å². The van der Waals surface area contributed by atoms with Crippen LogP contribution in [0.5, 0.6) is 0 Å². The minimum Gasteiger partial charge on any atom is -0.481 e. The second kappa shape index (κ2) is 8.64. The topological polar surface area (TPSA) is 66.4 Å². The first-order valence-corrected chi connectivity index (χ1v) is 7.72. The van der Waals surface area contributed by atoms with E-state index in [-0.39, 0.29) is 18.4 Å². The zero-order valence-electron chi connectivity index (χ0n) is 11.9. The smallest absolute Gasteiger partial charge is 0.307 e. The van der Waals surface area contributed by atoms with Crippen LogP contribution in [0.2, 0.25) is 0 Å². The molecule has 20 heavy (non-hydrogen) atoms. The lowest BCUT2D eigenvalue weighted by atomic mass is 10.2. The molecule has 1 unspecified atom stereocenters. The Morgan fingerprint density at radius 3 is 2.50 bits per heavy atom. The summed E-state index contributed by atoms with van der Waals surface area (Å²) < 4.78 is 0. The van der Waals surface area contributed by atoms with Crippen molar-refractivity contribution in [2.45, 2.75) is 44.0 Å². The highest BCUT2D eigenvalue weighted by Gasteiger charge is 2.07. The third kappa shape index (κ3) is 6.61. The van der Waals surface area contributed by atoms with Crippen molar-refractivity contribution in [3.05, 3.63) is 29.8 Å². The van der Waals surface area contributed by atoms with Crippen LogP contribution in [0.3, 0.4) is 0 Å². The quantitative estimate of drug-likeness (QED) is 0.724. The van der Waals surface area contributed by atoms with Gasteiger partial charge in [0.1, 0.15) is 0 Å². The molecular weight excluding hydrogens is 274 g/mol. The number of benzene rings is 1. The number of carboxylic acids is 1. The van der Waals surface area contributed by atoms with Crippen LogP contribution in [-0.2, 0) is 16.0 Å². The number of nitrogens with one attached hydrogen (secondary N) is 1. The van der Waals surface area contributed by atoms with Crippen molar-refractivity contribution in [1.29, 1.82) is 0 Å². The lowest BCUT2D eigenvalue weighted by molar-refractivity contribution is -0.136. The van der Waals surface area contributed by atoms with Gasteiger partial charge in [-0.15, -0.1) is 11.8 Å². The molecule has 1 aromatic rings. The first-order valence-electron chi connectivity index (χ1n) is 6.74. The molecule has 0 aliphatic heterocycles. The Hall–Kier alpha value is -1.49. The normalized spacial score (nSPS) is 11.9. The second-order valence-corrected chi connectivity index (χ2v) is 5.81. The van der Waals surface area contributed by atoms with Crippen molar-refractivity contribution in [1.82, 2.24) is 5.32 Å². The summed E-state index contributed by atoms with van der Waals surface area (Å²) in [4.78, 5) is 23.2. The molecule has 1 atom stereocenters. The number of carboxylic acid groups (broad SMARTS) is 1. The second-order valence-electron chi connectivity index (χ2n) is 4.76. The van der Waals surface area contributed by atoms with E-state index in [1.807, 2.05) is 19.1 Å². The van der Waals surface area contributed by atoms with E-state index in [1.54, 1.807) is 12.1 Å². The summed E-state index contributed by atoms with van der Waals surface area (Å²) in [6.07, 6.45) is 2.07. The molecule has 2 N–H and O–H groups in total. The predicted molar refractivity (Wildman–Crippen MR) is 81.0 cm³/mol. The highest BCUT2D eigenvalue weighted by molar-refractivity contribution is 8.00. The molecular formula is C15H21NO3S. The number of amides is 1. The van der Waals surface area contributed by atoms with E-state index in [2.05, 4.69) is 12.2 Å². The summed E-state index contributed by atoms with van der Waals surface area (Å²) in [5.41, 5.74) is 0.767. The van der Waals surface area contributed by atoms with Gasteiger partial charge in [-0.25, -0.2) is 0 Å². The summed E-state index contributed by atoms with van der Waals surface area (Å²) in [6, 6.07) is 7.49. The van der Waals surface area contributed by atoms with Gasteiger partial charge in [0.05, 0.1) is 12.2 Å². The number of hydrogen-bond acceptors (Lipinski definition) is 3. The summed E-state index contributed by atoms with van der Waals surface area (Å²) in [6.45, 7) is 4.10. The standard InChI is InChI=1S/C15H21NO3S/c1-3-4-11(2)16-14(17)10-20-13-7-5-12(6-8-13)9-15(18)19/h5-8,11H,3-4,9-10H2,1-2H3,(H,16,17)(H,18,19). The van der Waals surface area contributed by atoms with E-state index >= 15 is 0 Å². The molecule has 0 aliphatic rings. The summed E-state index contributed by atoms with van der Waals surface area (Å²) in [7, 11) is 0. The van der Waals surface area contributed by atoms with Crippen LogP contribution in [0.25, 0.3) is 0 Å². The fraction of sp³-hybridized carbons (Fsp3) is 0.467. The van der Waals surface area contributed by atoms with Gasteiger partial charge in [0.25, 0.3) is 0 Å². The average Bonchev–Trinajstić information content (AvgIpc) is 2.37. The van der Waals surface area contributed by atoms with Gasteiger partial charge in [-0.3, -0.25) is 9.59 Å². The van der Waals surface area contributed by atoms with Gasteiger partial charge in [0, 0.05) is 10.9 Å².